The summed E-state index contributed by atoms with van der Waals surface area (Å²) in [6.07, 6.45) is 4.76. The van der Waals surface area contributed by atoms with Crippen molar-refractivity contribution in [2.45, 2.75) is 38.8 Å². The summed E-state index contributed by atoms with van der Waals surface area (Å²) in [5.74, 6) is 1.43. The van der Waals surface area contributed by atoms with Crippen molar-refractivity contribution < 1.29 is 14.2 Å². The molecule has 0 fully saturated rings. The quantitative estimate of drug-likeness (QED) is 0.603. The summed E-state index contributed by atoms with van der Waals surface area (Å²) in [6, 6.07) is 6.17. The number of hydrogen-bond acceptors (Lipinski definition) is 5. The van der Waals surface area contributed by atoms with Crippen molar-refractivity contribution >= 4 is 0 Å². The van der Waals surface area contributed by atoms with Crippen molar-refractivity contribution in [1.29, 1.82) is 0 Å². The van der Waals surface area contributed by atoms with Gasteiger partial charge < -0.3 is 23.7 Å². The molecule has 0 amide bonds. The van der Waals surface area contributed by atoms with E-state index in [4.69, 9.17) is 14.2 Å². The number of ether oxygens (including phenoxy) is 3. The van der Waals surface area contributed by atoms with E-state index in [9.17, 15) is 4.79 Å². The Morgan fingerprint density at radius 3 is 2.59 bits per heavy atom. The molecule has 0 bridgehead atoms. The maximum absolute atomic E-state index is 12.7. The second-order valence-corrected chi connectivity index (χ2v) is 7.81. The Morgan fingerprint density at radius 1 is 1.14 bits per heavy atom. The van der Waals surface area contributed by atoms with Crippen LogP contribution in [0.25, 0.3) is 11.3 Å². The Labute approximate surface area is 173 Å². The van der Waals surface area contributed by atoms with E-state index in [2.05, 4.69) is 17.6 Å². The summed E-state index contributed by atoms with van der Waals surface area (Å²) in [6.45, 7) is 4.07. The first-order chi connectivity index (χ1) is 14.0. The predicted octanol–water partition coefficient (Wildman–Crippen LogP) is 3.51. The molecule has 0 saturated carbocycles. The van der Waals surface area contributed by atoms with Crippen molar-refractivity contribution in [3.63, 3.8) is 0 Å². The Hall–Kier alpha value is -2.31. The number of aromatic nitrogens is 1. The van der Waals surface area contributed by atoms with Crippen LogP contribution in [0.2, 0.25) is 0 Å². The molecule has 0 N–H and O–H groups in total. The zero-order valence-corrected chi connectivity index (χ0v) is 18.2. The molecule has 6 nitrogen and oxygen atoms in total. The van der Waals surface area contributed by atoms with E-state index in [0.717, 1.165) is 41.8 Å². The highest BCUT2D eigenvalue weighted by atomic mass is 16.5. The van der Waals surface area contributed by atoms with Gasteiger partial charge in [-0.15, -0.1) is 0 Å². The lowest BCUT2D eigenvalue weighted by Gasteiger charge is -2.31. The van der Waals surface area contributed by atoms with Crippen LogP contribution in [-0.2, 0) is 17.7 Å². The van der Waals surface area contributed by atoms with Crippen LogP contribution in [0.4, 0.5) is 0 Å². The molecule has 2 heterocycles. The number of rotatable bonds is 9. The number of benzene rings is 1. The van der Waals surface area contributed by atoms with Crippen LogP contribution >= 0.6 is 0 Å². The van der Waals surface area contributed by atoms with Crippen LogP contribution in [0.5, 0.6) is 11.5 Å². The fourth-order valence-corrected chi connectivity index (χ4v) is 3.93. The molecular weight excluding hydrogens is 368 g/mol. The summed E-state index contributed by atoms with van der Waals surface area (Å²) in [4.78, 5) is 14.8. The third-order valence-corrected chi connectivity index (χ3v) is 5.38. The Balaban J connectivity index is 2.03. The fourth-order valence-electron chi connectivity index (χ4n) is 3.93. The van der Waals surface area contributed by atoms with Crippen LogP contribution in [-0.4, -0.2) is 51.0 Å². The Bertz CT molecular complexity index is 904. The first-order valence-electron chi connectivity index (χ1n) is 10.2. The van der Waals surface area contributed by atoms with Gasteiger partial charge in [-0.25, -0.2) is 0 Å². The van der Waals surface area contributed by atoms with E-state index in [1.54, 1.807) is 20.3 Å². The number of pyridine rings is 1. The lowest BCUT2D eigenvalue weighted by Crippen LogP contribution is -2.26. The van der Waals surface area contributed by atoms with E-state index in [1.807, 2.05) is 31.3 Å². The predicted molar refractivity (Wildman–Crippen MR) is 115 cm³/mol. The van der Waals surface area contributed by atoms with E-state index >= 15 is 0 Å². The van der Waals surface area contributed by atoms with Crippen LogP contribution in [0.15, 0.2) is 29.2 Å². The van der Waals surface area contributed by atoms with Crippen LogP contribution in [0.1, 0.15) is 36.9 Å². The van der Waals surface area contributed by atoms with Gasteiger partial charge in [-0.3, -0.25) is 4.79 Å². The Kier molecular flexibility index (Phi) is 6.98. The van der Waals surface area contributed by atoms with Crippen molar-refractivity contribution in [3.8, 4) is 22.8 Å². The van der Waals surface area contributed by atoms with Crippen molar-refractivity contribution in [2.75, 3.05) is 41.5 Å². The van der Waals surface area contributed by atoms with Crippen LogP contribution < -0.4 is 14.9 Å². The third-order valence-electron chi connectivity index (χ3n) is 5.38. The molecule has 0 aliphatic carbocycles. The van der Waals surface area contributed by atoms with Crippen molar-refractivity contribution in [1.82, 2.24) is 9.47 Å². The lowest BCUT2D eigenvalue weighted by molar-refractivity contribution is 0.170. The standard InChI is InChI=1S/C23H32N2O4/c1-6-18-10-16-11-23(29-9-7-8-27-4)22(28-5)12-19(16)20-13-21(26)17(14-24(2)3)15-25(18)20/h11-13,15,18H,6-10,14H2,1-5H3. The van der Waals surface area contributed by atoms with Gasteiger partial charge in [-0.2, -0.15) is 0 Å². The summed E-state index contributed by atoms with van der Waals surface area (Å²) >= 11 is 0. The monoisotopic (exact) mass is 400 g/mol. The largest absolute Gasteiger partial charge is 0.493 e. The average molecular weight is 401 g/mol. The summed E-state index contributed by atoms with van der Waals surface area (Å²) in [5, 5.41) is 0. The molecule has 29 heavy (non-hydrogen) atoms. The highest BCUT2D eigenvalue weighted by Crippen LogP contribution is 2.41. The molecule has 1 atom stereocenters. The minimum atomic E-state index is 0.0755. The van der Waals surface area contributed by atoms with Gasteiger partial charge in [0, 0.05) is 56.1 Å². The average Bonchev–Trinajstić information content (AvgIpc) is 2.70. The van der Waals surface area contributed by atoms with Crippen LogP contribution in [0.3, 0.4) is 0 Å². The zero-order valence-electron chi connectivity index (χ0n) is 18.2. The Morgan fingerprint density at radius 2 is 1.93 bits per heavy atom. The van der Waals surface area contributed by atoms with Crippen LogP contribution in [0, 0.1) is 0 Å². The molecule has 6 heteroatoms. The maximum Gasteiger partial charge on any atom is 0.186 e. The number of hydrogen-bond donors (Lipinski definition) is 0. The molecule has 2 aromatic rings. The van der Waals surface area contributed by atoms with Gasteiger partial charge in [0.1, 0.15) is 0 Å². The summed E-state index contributed by atoms with van der Waals surface area (Å²) in [7, 11) is 7.30. The smallest absolute Gasteiger partial charge is 0.186 e. The van der Waals surface area contributed by atoms with Gasteiger partial charge in [-0.1, -0.05) is 6.92 Å². The minimum absolute atomic E-state index is 0.0755. The zero-order chi connectivity index (χ0) is 21.0. The molecular formula is C23H32N2O4. The van der Waals surface area contributed by atoms with E-state index in [1.165, 1.54) is 5.56 Å². The maximum atomic E-state index is 12.7. The van der Waals surface area contributed by atoms with Gasteiger partial charge in [0.2, 0.25) is 0 Å². The molecule has 0 saturated heterocycles. The summed E-state index contributed by atoms with van der Waals surface area (Å²) in [5.41, 5.74) is 4.09. The molecule has 0 radical (unpaired) electrons. The number of fused-ring (bicyclic) bond motifs is 3. The third kappa shape index (κ3) is 4.65. The highest BCUT2D eigenvalue weighted by Gasteiger charge is 2.26. The minimum Gasteiger partial charge on any atom is -0.493 e. The van der Waals surface area contributed by atoms with Gasteiger partial charge in [-0.05, 0) is 44.6 Å². The molecule has 1 aromatic carbocycles. The molecule has 3 rings (SSSR count). The van der Waals surface area contributed by atoms with E-state index in [-0.39, 0.29) is 5.43 Å². The van der Waals surface area contributed by atoms with Gasteiger partial charge in [0.15, 0.2) is 16.9 Å². The highest BCUT2D eigenvalue weighted by molar-refractivity contribution is 5.70. The molecule has 1 aromatic heterocycles. The lowest BCUT2D eigenvalue weighted by atomic mass is 9.90. The molecule has 158 valence electrons. The van der Waals surface area contributed by atoms with Crippen molar-refractivity contribution in [2.24, 2.45) is 0 Å². The molecule has 1 aliphatic rings. The SMILES string of the molecule is CCC1Cc2cc(OCCCOC)c(OC)cc2-c2cc(=O)c(CN(C)C)cn21. The normalized spacial score (nSPS) is 15.2. The van der Waals surface area contributed by atoms with E-state index in [0.29, 0.717) is 31.5 Å². The van der Waals surface area contributed by atoms with Gasteiger partial charge in [0.05, 0.1) is 19.4 Å². The van der Waals surface area contributed by atoms with Crippen molar-refractivity contribution in [3.05, 3.63) is 45.7 Å². The molecule has 1 unspecified atom stereocenters. The van der Waals surface area contributed by atoms with E-state index < -0.39 is 0 Å². The second-order valence-electron chi connectivity index (χ2n) is 7.81. The number of nitrogens with zero attached hydrogens (tertiary/aromatic N) is 2. The fraction of sp³-hybridized carbons (Fsp3) is 0.522. The summed E-state index contributed by atoms with van der Waals surface area (Å²) < 4.78 is 18.9. The second kappa shape index (κ2) is 9.46. The first kappa shape index (κ1) is 21.4. The van der Waals surface area contributed by atoms with Gasteiger partial charge in [0.25, 0.3) is 0 Å². The molecule has 0 spiro atoms. The molecule has 1 aliphatic heterocycles. The topological polar surface area (TPSA) is 52.9 Å². The number of methoxy groups -OCH3 is 2. The van der Waals surface area contributed by atoms with Gasteiger partial charge >= 0.3 is 0 Å². The first-order valence-corrected chi connectivity index (χ1v) is 10.2.